The third-order valence-electron chi connectivity index (χ3n) is 3.00. The van der Waals surface area contributed by atoms with E-state index in [1.165, 1.54) is 12.1 Å². The van der Waals surface area contributed by atoms with Gasteiger partial charge in [-0.15, -0.1) is 0 Å². The van der Waals surface area contributed by atoms with Crippen molar-refractivity contribution in [2.75, 3.05) is 0 Å². The number of carboxylic acids is 1. The number of aromatic carboxylic acids is 1. The fourth-order valence-electron chi connectivity index (χ4n) is 1.84. The van der Waals surface area contributed by atoms with E-state index in [1.807, 2.05) is 19.1 Å². The first-order valence-electron chi connectivity index (χ1n) is 6.11. The summed E-state index contributed by atoms with van der Waals surface area (Å²) in [7, 11) is 0. The molecule has 102 valence electrons. The third kappa shape index (κ3) is 3.03. The van der Waals surface area contributed by atoms with E-state index in [2.05, 4.69) is 0 Å². The van der Waals surface area contributed by atoms with Crippen LogP contribution in [0.4, 0.5) is 0 Å². The van der Waals surface area contributed by atoms with Gasteiger partial charge in [-0.2, -0.15) is 0 Å². The molecular weight excluding hydrogens is 256 g/mol. The lowest BCUT2D eigenvalue weighted by Crippen LogP contribution is -2.01. The van der Waals surface area contributed by atoms with Crippen molar-refractivity contribution < 1.29 is 19.4 Å². The zero-order chi connectivity index (χ0) is 14.5. The lowest BCUT2D eigenvalue weighted by molar-refractivity contribution is 0.0696. The van der Waals surface area contributed by atoms with E-state index in [4.69, 9.17) is 9.84 Å². The average Bonchev–Trinajstić information content (AvgIpc) is 2.45. The molecule has 0 aromatic heterocycles. The highest BCUT2D eigenvalue weighted by molar-refractivity contribution is 5.87. The van der Waals surface area contributed by atoms with Gasteiger partial charge in [0.2, 0.25) is 0 Å². The van der Waals surface area contributed by atoms with Crippen LogP contribution in [-0.2, 0) is 6.61 Å². The molecule has 0 radical (unpaired) electrons. The van der Waals surface area contributed by atoms with Gasteiger partial charge in [-0.3, -0.25) is 4.79 Å². The van der Waals surface area contributed by atoms with Gasteiger partial charge in [-0.05, 0) is 36.2 Å². The van der Waals surface area contributed by atoms with Crippen molar-refractivity contribution in [3.8, 4) is 5.75 Å². The first-order valence-corrected chi connectivity index (χ1v) is 6.11. The van der Waals surface area contributed by atoms with E-state index >= 15 is 0 Å². The highest BCUT2D eigenvalue weighted by atomic mass is 16.5. The monoisotopic (exact) mass is 270 g/mol. The number of ether oxygens (including phenoxy) is 1. The summed E-state index contributed by atoms with van der Waals surface area (Å²) in [5, 5.41) is 8.81. The number of aldehydes is 1. The molecule has 2 rings (SSSR count). The topological polar surface area (TPSA) is 63.6 Å². The lowest BCUT2D eigenvalue weighted by Gasteiger charge is -2.10. The van der Waals surface area contributed by atoms with Crippen LogP contribution in [-0.4, -0.2) is 17.4 Å². The Morgan fingerprint density at radius 3 is 2.50 bits per heavy atom. The van der Waals surface area contributed by atoms with E-state index in [9.17, 15) is 9.59 Å². The van der Waals surface area contributed by atoms with Crippen LogP contribution in [0, 0.1) is 6.92 Å². The molecule has 0 bridgehead atoms. The first-order chi connectivity index (χ1) is 9.61. The second-order valence-electron chi connectivity index (χ2n) is 4.40. The summed E-state index contributed by atoms with van der Waals surface area (Å²) in [5.74, 6) is -0.429. The molecule has 0 aliphatic rings. The Hall–Kier alpha value is -2.62. The zero-order valence-electron chi connectivity index (χ0n) is 11.0. The van der Waals surface area contributed by atoms with Gasteiger partial charge in [0.15, 0.2) is 6.29 Å². The van der Waals surface area contributed by atoms with Crippen molar-refractivity contribution in [2.45, 2.75) is 13.5 Å². The average molecular weight is 270 g/mol. The Morgan fingerprint density at radius 2 is 1.90 bits per heavy atom. The fraction of sp³-hybridized carbons (Fsp3) is 0.125. The predicted octanol–water partition coefficient (Wildman–Crippen LogP) is 3.08. The molecule has 0 amide bonds. The third-order valence-corrected chi connectivity index (χ3v) is 3.00. The molecule has 20 heavy (non-hydrogen) atoms. The van der Waals surface area contributed by atoms with Gasteiger partial charge in [0.1, 0.15) is 12.4 Å². The van der Waals surface area contributed by atoms with Gasteiger partial charge in [0.25, 0.3) is 0 Å². The van der Waals surface area contributed by atoms with Crippen LogP contribution in [0.15, 0.2) is 42.5 Å². The standard InChI is InChI=1S/C16H14O4/c1-11-3-2-4-15(14(11)9-17)20-10-12-5-7-13(8-6-12)16(18)19/h2-9H,10H2,1H3,(H,18,19). The van der Waals surface area contributed by atoms with Gasteiger partial charge in [-0.1, -0.05) is 24.3 Å². The van der Waals surface area contributed by atoms with E-state index < -0.39 is 5.97 Å². The van der Waals surface area contributed by atoms with Crippen molar-refractivity contribution in [1.82, 2.24) is 0 Å². The van der Waals surface area contributed by atoms with Crippen molar-refractivity contribution in [3.05, 3.63) is 64.7 Å². The number of carbonyl (C=O) groups is 2. The Bertz CT molecular complexity index is 629. The number of benzene rings is 2. The molecule has 2 aromatic carbocycles. The highest BCUT2D eigenvalue weighted by Gasteiger charge is 2.06. The maximum Gasteiger partial charge on any atom is 0.335 e. The quantitative estimate of drug-likeness (QED) is 0.848. The molecule has 0 aliphatic carbocycles. The Kier molecular flexibility index (Phi) is 4.15. The summed E-state index contributed by atoms with van der Waals surface area (Å²) in [4.78, 5) is 21.8. The molecule has 4 nitrogen and oxygen atoms in total. The van der Waals surface area contributed by atoms with Crippen molar-refractivity contribution in [2.24, 2.45) is 0 Å². The zero-order valence-corrected chi connectivity index (χ0v) is 11.0. The Morgan fingerprint density at radius 1 is 1.20 bits per heavy atom. The maximum atomic E-state index is 11.0. The second-order valence-corrected chi connectivity index (χ2v) is 4.40. The number of rotatable bonds is 5. The molecule has 0 heterocycles. The molecule has 0 unspecified atom stereocenters. The molecule has 0 saturated carbocycles. The molecule has 4 heteroatoms. The summed E-state index contributed by atoms with van der Waals surface area (Å²) in [5.41, 5.74) is 2.47. The van der Waals surface area contributed by atoms with Gasteiger partial charge in [0, 0.05) is 0 Å². The summed E-state index contributed by atoms with van der Waals surface area (Å²) >= 11 is 0. The van der Waals surface area contributed by atoms with E-state index in [0.29, 0.717) is 11.3 Å². The highest BCUT2D eigenvalue weighted by Crippen LogP contribution is 2.21. The minimum atomic E-state index is -0.959. The second kappa shape index (κ2) is 6.02. The van der Waals surface area contributed by atoms with Crippen molar-refractivity contribution >= 4 is 12.3 Å². The van der Waals surface area contributed by atoms with Crippen LogP contribution >= 0.6 is 0 Å². The maximum absolute atomic E-state index is 11.0. The fourth-order valence-corrected chi connectivity index (χ4v) is 1.84. The number of hydrogen-bond donors (Lipinski definition) is 1. The minimum Gasteiger partial charge on any atom is -0.488 e. The Labute approximate surface area is 116 Å². The molecule has 0 spiro atoms. The van der Waals surface area contributed by atoms with E-state index in [-0.39, 0.29) is 12.2 Å². The normalized spacial score (nSPS) is 10.1. The predicted molar refractivity (Wildman–Crippen MR) is 74.3 cm³/mol. The first kappa shape index (κ1) is 13.8. The molecule has 1 N–H and O–H groups in total. The molecule has 0 aliphatic heterocycles. The largest absolute Gasteiger partial charge is 0.488 e. The number of carbonyl (C=O) groups excluding carboxylic acids is 1. The minimum absolute atomic E-state index is 0.234. The van der Waals surface area contributed by atoms with E-state index in [1.54, 1.807) is 18.2 Å². The van der Waals surface area contributed by atoms with Gasteiger partial charge in [-0.25, -0.2) is 4.79 Å². The van der Waals surface area contributed by atoms with Gasteiger partial charge < -0.3 is 9.84 Å². The SMILES string of the molecule is Cc1cccc(OCc2ccc(C(=O)O)cc2)c1C=O. The number of carboxylic acid groups (broad SMARTS) is 1. The van der Waals surface area contributed by atoms with Gasteiger partial charge in [0.05, 0.1) is 11.1 Å². The van der Waals surface area contributed by atoms with Crippen LogP contribution in [0.2, 0.25) is 0 Å². The van der Waals surface area contributed by atoms with Crippen LogP contribution < -0.4 is 4.74 Å². The van der Waals surface area contributed by atoms with Gasteiger partial charge >= 0.3 is 5.97 Å². The molecular formula is C16H14O4. The smallest absolute Gasteiger partial charge is 0.335 e. The van der Waals surface area contributed by atoms with Crippen LogP contribution in [0.3, 0.4) is 0 Å². The van der Waals surface area contributed by atoms with Crippen molar-refractivity contribution in [1.29, 1.82) is 0 Å². The molecule has 0 saturated heterocycles. The molecule has 0 atom stereocenters. The summed E-state index contributed by atoms with van der Waals surface area (Å²) in [6.45, 7) is 2.13. The summed E-state index contributed by atoms with van der Waals surface area (Å²) in [6, 6.07) is 11.8. The van der Waals surface area contributed by atoms with Crippen LogP contribution in [0.5, 0.6) is 5.75 Å². The Balaban J connectivity index is 2.11. The lowest BCUT2D eigenvalue weighted by atomic mass is 10.1. The van der Waals surface area contributed by atoms with E-state index in [0.717, 1.165) is 17.4 Å². The number of hydrogen-bond acceptors (Lipinski definition) is 3. The molecule has 2 aromatic rings. The molecule has 0 fully saturated rings. The van der Waals surface area contributed by atoms with Crippen LogP contribution in [0.25, 0.3) is 0 Å². The number of aryl methyl sites for hydroxylation is 1. The van der Waals surface area contributed by atoms with Crippen LogP contribution in [0.1, 0.15) is 31.8 Å². The summed E-state index contributed by atoms with van der Waals surface area (Å²) < 4.78 is 5.62. The van der Waals surface area contributed by atoms with Crippen molar-refractivity contribution in [3.63, 3.8) is 0 Å². The summed E-state index contributed by atoms with van der Waals surface area (Å²) in [6.07, 6.45) is 0.776.